The summed E-state index contributed by atoms with van der Waals surface area (Å²) < 4.78 is 10.3. The minimum absolute atomic E-state index is 0.0687. The lowest BCUT2D eigenvalue weighted by atomic mass is 10.4. The van der Waals surface area contributed by atoms with Crippen LogP contribution in [0.1, 0.15) is 29.2 Å². The standard InChI is InChI=1S/C14H21N5OS2/c1-10-7-11(2)19(16-10)6-4-5-15-14(20)9-21-8-13-12(3)17-22-18-13/h7H,4-6,8-9H2,1-3H3,(H,15,20). The first-order valence-corrected chi connectivity index (χ1v) is 9.08. The van der Waals surface area contributed by atoms with Gasteiger partial charge in [0.15, 0.2) is 0 Å². The molecule has 2 aromatic heterocycles. The molecule has 0 aromatic carbocycles. The maximum atomic E-state index is 11.8. The number of nitrogens with zero attached hydrogens (tertiary/aromatic N) is 4. The normalized spacial score (nSPS) is 10.9. The monoisotopic (exact) mass is 339 g/mol. The molecule has 22 heavy (non-hydrogen) atoms. The van der Waals surface area contributed by atoms with E-state index in [9.17, 15) is 4.79 Å². The van der Waals surface area contributed by atoms with Crippen molar-refractivity contribution in [1.29, 1.82) is 0 Å². The molecule has 0 saturated heterocycles. The van der Waals surface area contributed by atoms with Crippen LogP contribution < -0.4 is 5.32 Å². The number of aromatic nitrogens is 4. The Kier molecular flexibility index (Phi) is 6.38. The Labute approximate surface area is 139 Å². The van der Waals surface area contributed by atoms with Crippen molar-refractivity contribution in [3.8, 4) is 0 Å². The van der Waals surface area contributed by atoms with Crippen LogP contribution in [0.5, 0.6) is 0 Å². The van der Waals surface area contributed by atoms with E-state index in [1.54, 1.807) is 11.8 Å². The molecule has 1 N–H and O–H groups in total. The molecule has 2 heterocycles. The van der Waals surface area contributed by atoms with Gasteiger partial charge in [0.1, 0.15) is 0 Å². The number of carbonyl (C=O) groups is 1. The topological polar surface area (TPSA) is 72.7 Å². The van der Waals surface area contributed by atoms with Crippen LogP contribution >= 0.6 is 23.5 Å². The first-order chi connectivity index (χ1) is 10.6. The largest absolute Gasteiger partial charge is 0.355 e. The van der Waals surface area contributed by atoms with Gasteiger partial charge in [-0.1, -0.05) is 0 Å². The summed E-state index contributed by atoms with van der Waals surface area (Å²) in [7, 11) is 0. The highest BCUT2D eigenvalue weighted by Gasteiger charge is 2.06. The van der Waals surface area contributed by atoms with Crippen LogP contribution in [0.4, 0.5) is 0 Å². The maximum absolute atomic E-state index is 11.8. The molecule has 1 amide bonds. The van der Waals surface area contributed by atoms with Crippen LogP contribution in [0.3, 0.4) is 0 Å². The van der Waals surface area contributed by atoms with Crippen molar-refractivity contribution in [3.63, 3.8) is 0 Å². The van der Waals surface area contributed by atoms with E-state index in [0.717, 1.165) is 41.5 Å². The van der Waals surface area contributed by atoms with Gasteiger partial charge < -0.3 is 5.32 Å². The number of nitrogens with one attached hydrogen (secondary N) is 1. The predicted molar refractivity (Wildman–Crippen MR) is 90.1 cm³/mol. The lowest BCUT2D eigenvalue weighted by Crippen LogP contribution is -2.27. The van der Waals surface area contributed by atoms with E-state index in [1.165, 1.54) is 11.7 Å². The fraction of sp³-hybridized carbons (Fsp3) is 0.571. The number of aryl methyl sites for hydroxylation is 4. The molecule has 8 heteroatoms. The van der Waals surface area contributed by atoms with Gasteiger partial charge in [-0.2, -0.15) is 13.8 Å². The van der Waals surface area contributed by atoms with Crippen molar-refractivity contribution >= 4 is 29.4 Å². The summed E-state index contributed by atoms with van der Waals surface area (Å²) >= 11 is 2.79. The Morgan fingerprint density at radius 2 is 2.18 bits per heavy atom. The molecule has 0 bridgehead atoms. The van der Waals surface area contributed by atoms with E-state index in [0.29, 0.717) is 12.3 Å². The summed E-state index contributed by atoms with van der Waals surface area (Å²) in [6.07, 6.45) is 0.882. The van der Waals surface area contributed by atoms with Crippen molar-refractivity contribution < 1.29 is 4.79 Å². The van der Waals surface area contributed by atoms with Crippen LogP contribution in [0.2, 0.25) is 0 Å². The zero-order valence-electron chi connectivity index (χ0n) is 13.1. The van der Waals surface area contributed by atoms with Gasteiger partial charge in [-0.15, -0.1) is 11.8 Å². The van der Waals surface area contributed by atoms with Crippen LogP contribution in [0.25, 0.3) is 0 Å². The van der Waals surface area contributed by atoms with Gasteiger partial charge in [-0.25, -0.2) is 0 Å². The molecule has 0 fully saturated rings. The fourth-order valence-electron chi connectivity index (χ4n) is 2.03. The first-order valence-electron chi connectivity index (χ1n) is 7.20. The Hall–Kier alpha value is -1.41. The summed E-state index contributed by atoms with van der Waals surface area (Å²) in [5, 5.41) is 7.34. The van der Waals surface area contributed by atoms with Gasteiger partial charge in [-0.05, 0) is 33.3 Å². The van der Waals surface area contributed by atoms with E-state index < -0.39 is 0 Å². The van der Waals surface area contributed by atoms with Crippen molar-refractivity contribution in [1.82, 2.24) is 23.8 Å². The number of carbonyl (C=O) groups excluding carboxylic acids is 1. The van der Waals surface area contributed by atoms with Crippen LogP contribution in [0, 0.1) is 20.8 Å². The molecule has 2 aromatic rings. The summed E-state index contributed by atoms with van der Waals surface area (Å²) in [6.45, 7) is 7.48. The Morgan fingerprint density at radius 1 is 1.36 bits per heavy atom. The van der Waals surface area contributed by atoms with E-state index in [1.807, 2.05) is 25.5 Å². The van der Waals surface area contributed by atoms with Crippen molar-refractivity contribution in [2.24, 2.45) is 0 Å². The highest BCUT2D eigenvalue weighted by molar-refractivity contribution is 7.99. The van der Waals surface area contributed by atoms with E-state index >= 15 is 0 Å². The number of rotatable bonds is 8. The predicted octanol–water partition coefficient (Wildman–Crippen LogP) is 2.10. The molecule has 0 atom stereocenters. The summed E-state index contributed by atoms with van der Waals surface area (Å²) in [5.41, 5.74) is 4.13. The second-order valence-electron chi connectivity index (χ2n) is 5.14. The molecular weight excluding hydrogens is 318 g/mol. The van der Waals surface area contributed by atoms with E-state index in [4.69, 9.17) is 0 Å². The van der Waals surface area contributed by atoms with Crippen molar-refractivity contribution in [3.05, 3.63) is 28.8 Å². The average Bonchev–Trinajstić information content (AvgIpc) is 3.01. The summed E-state index contributed by atoms with van der Waals surface area (Å²) in [5.74, 6) is 1.26. The van der Waals surface area contributed by atoms with Gasteiger partial charge in [0.25, 0.3) is 0 Å². The summed E-state index contributed by atoms with van der Waals surface area (Å²) in [6, 6.07) is 2.06. The van der Waals surface area contributed by atoms with Gasteiger partial charge in [0, 0.05) is 24.5 Å². The smallest absolute Gasteiger partial charge is 0.230 e. The zero-order chi connectivity index (χ0) is 15.9. The molecule has 6 nitrogen and oxygen atoms in total. The highest BCUT2D eigenvalue weighted by atomic mass is 32.2. The molecule has 0 saturated carbocycles. The number of hydrogen-bond donors (Lipinski definition) is 1. The molecule has 0 unspecified atom stereocenters. The van der Waals surface area contributed by atoms with E-state index in [-0.39, 0.29) is 5.91 Å². The Balaban J connectivity index is 1.58. The number of thioether (sulfide) groups is 1. The van der Waals surface area contributed by atoms with E-state index in [2.05, 4.69) is 25.2 Å². The van der Waals surface area contributed by atoms with Gasteiger partial charge in [0.2, 0.25) is 5.91 Å². The molecule has 2 rings (SSSR count). The lowest BCUT2D eigenvalue weighted by molar-refractivity contribution is -0.118. The van der Waals surface area contributed by atoms with Crippen LogP contribution in [0.15, 0.2) is 6.07 Å². The van der Waals surface area contributed by atoms with Crippen molar-refractivity contribution in [2.75, 3.05) is 12.3 Å². The third kappa shape index (κ3) is 5.10. The van der Waals surface area contributed by atoms with Crippen LogP contribution in [-0.2, 0) is 17.1 Å². The minimum Gasteiger partial charge on any atom is -0.355 e. The first kappa shape index (κ1) is 17.0. The number of hydrogen-bond acceptors (Lipinski definition) is 6. The van der Waals surface area contributed by atoms with Gasteiger partial charge in [-0.3, -0.25) is 9.48 Å². The van der Waals surface area contributed by atoms with Gasteiger partial charge in [0.05, 0.1) is 34.6 Å². The third-order valence-corrected chi connectivity index (χ3v) is 4.79. The molecule has 0 aliphatic heterocycles. The molecule has 0 spiro atoms. The second kappa shape index (κ2) is 8.28. The molecular formula is C14H21N5OS2. The van der Waals surface area contributed by atoms with Crippen molar-refractivity contribution in [2.45, 2.75) is 39.5 Å². The molecule has 120 valence electrons. The average molecular weight is 339 g/mol. The lowest BCUT2D eigenvalue weighted by Gasteiger charge is -2.06. The Bertz CT molecular complexity index is 623. The molecule has 0 aliphatic carbocycles. The maximum Gasteiger partial charge on any atom is 0.230 e. The SMILES string of the molecule is Cc1cc(C)n(CCCNC(=O)CSCc2nsnc2C)n1. The zero-order valence-corrected chi connectivity index (χ0v) is 14.8. The minimum atomic E-state index is 0.0687. The van der Waals surface area contributed by atoms with Gasteiger partial charge >= 0.3 is 0 Å². The number of amides is 1. The quantitative estimate of drug-likeness (QED) is 0.746. The third-order valence-electron chi connectivity index (χ3n) is 3.19. The van der Waals surface area contributed by atoms with Crippen LogP contribution in [-0.4, -0.2) is 36.7 Å². The Morgan fingerprint density at radius 3 is 2.82 bits per heavy atom. The molecule has 0 radical (unpaired) electrons. The second-order valence-corrected chi connectivity index (χ2v) is 6.66. The highest BCUT2D eigenvalue weighted by Crippen LogP contribution is 2.13. The fourth-order valence-corrected chi connectivity index (χ4v) is 3.53. The molecule has 0 aliphatic rings. The summed E-state index contributed by atoms with van der Waals surface area (Å²) in [4.78, 5) is 11.8.